The quantitative estimate of drug-likeness (QED) is 0.444. The molecule has 4 unspecified atom stereocenters. The van der Waals surface area contributed by atoms with Gasteiger partial charge in [-0.15, -0.1) is 0 Å². The SMILES string of the molecule is N#Cc1c(F)c(F)c(N2C(=O)C3C4CCC(O4)C3C2=O)c(F)c1F. The van der Waals surface area contributed by atoms with Crippen LogP contribution in [0.25, 0.3) is 0 Å². The molecule has 0 spiro atoms. The molecule has 0 radical (unpaired) electrons. The number of nitrogens with zero attached hydrogens (tertiary/aromatic N) is 2. The van der Waals surface area contributed by atoms with E-state index in [0.717, 1.165) is 6.07 Å². The minimum atomic E-state index is -1.94. The molecule has 4 rings (SSSR count). The number of amides is 2. The average molecular weight is 340 g/mol. The van der Waals surface area contributed by atoms with E-state index in [1.54, 1.807) is 0 Å². The Morgan fingerprint density at radius 3 is 1.79 bits per heavy atom. The highest BCUT2D eigenvalue weighted by Crippen LogP contribution is 2.50. The second-order valence-electron chi connectivity index (χ2n) is 5.95. The van der Waals surface area contributed by atoms with E-state index >= 15 is 0 Å². The fourth-order valence-corrected chi connectivity index (χ4v) is 3.85. The molecule has 124 valence electrons. The molecule has 1 aromatic carbocycles. The Morgan fingerprint density at radius 2 is 1.38 bits per heavy atom. The van der Waals surface area contributed by atoms with Crippen molar-refractivity contribution in [3.05, 3.63) is 28.8 Å². The van der Waals surface area contributed by atoms with Gasteiger partial charge in [0.05, 0.1) is 24.0 Å². The molecule has 0 aliphatic carbocycles. The van der Waals surface area contributed by atoms with E-state index in [1.165, 1.54) is 0 Å². The highest BCUT2D eigenvalue weighted by Gasteiger charge is 2.63. The summed E-state index contributed by atoms with van der Waals surface area (Å²) in [5, 5.41) is 8.59. The van der Waals surface area contributed by atoms with Crippen LogP contribution in [0.15, 0.2) is 0 Å². The molecule has 5 nitrogen and oxygen atoms in total. The third kappa shape index (κ3) is 1.61. The number of carbonyl (C=O) groups excluding carboxylic acids is 2. The van der Waals surface area contributed by atoms with Gasteiger partial charge in [-0.05, 0) is 12.8 Å². The van der Waals surface area contributed by atoms with Crippen LogP contribution in [0.2, 0.25) is 0 Å². The monoisotopic (exact) mass is 340 g/mol. The summed E-state index contributed by atoms with van der Waals surface area (Å²) in [6.07, 6.45) is -0.0271. The van der Waals surface area contributed by atoms with Crippen LogP contribution in [0, 0.1) is 46.4 Å². The molecule has 0 saturated carbocycles. The van der Waals surface area contributed by atoms with Gasteiger partial charge in [0.25, 0.3) is 0 Å². The Balaban J connectivity index is 1.88. The summed E-state index contributed by atoms with van der Waals surface area (Å²) in [6, 6.07) is 1.01. The van der Waals surface area contributed by atoms with E-state index in [9.17, 15) is 27.2 Å². The molecule has 0 aromatic heterocycles. The minimum Gasteiger partial charge on any atom is -0.373 e. The van der Waals surface area contributed by atoms with Crippen LogP contribution in [-0.2, 0) is 14.3 Å². The fraction of sp³-hybridized carbons (Fsp3) is 0.400. The maximum Gasteiger partial charge on any atom is 0.240 e. The van der Waals surface area contributed by atoms with Crippen molar-refractivity contribution < 1.29 is 31.9 Å². The van der Waals surface area contributed by atoms with Gasteiger partial charge in [-0.25, -0.2) is 22.5 Å². The Labute approximate surface area is 132 Å². The van der Waals surface area contributed by atoms with Gasteiger partial charge in [-0.3, -0.25) is 9.59 Å². The molecule has 2 amide bonds. The number of rotatable bonds is 1. The van der Waals surface area contributed by atoms with Crippen molar-refractivity contribution in [2.45, 2.75) is 25.0 Å². The maximum atomic E-state index is 14.2. The van der Waals surface area contributed by atoms with Gasteiger partial charge in [0.15, 0.2) is 23.3 Å². The number of anilines is 1. The largest absolute Gasteiger partial charge is 0.373 e. The first-order chi connectivity index (χ1) is 11.4. The molecule has 3 aliphatic rings. The third-order valence-electron chi connectivity index (χ3n) is 4.86. The van der Waals surface area contributed by atoms with E-state index < -0.39 is 70.4 Å². The Morgan fingerprint density at radius 1 is 0.917 bits per heavy atom. The lowest BCUT2D eigenvalue weighted by Crippen LogP contribution is -2.36. The van der Waals surface area contributed by atoms with E-state index in [-0.39, 0.29) is 4.90 Å². The van der Waals surface area contributed by atoms with Gasteiger partial charge in [0, 0.05) is 0 Å². The molecule has 3 fully saturated rings. The van der Waals surface area contributed by atoms with Gasteiger partial charge in [0.2, 0.25) is 11.8 Å². The number of hydrogen-bond acceptors (Lipinski definition) is 4. The zero-order valence-corrected chi connectivity index (χ0v) is 11.9. The average Bonchev–Trinajstić information content (AvgIpc) is 3.23. The lowest BCUT2D eigenvalue weighted by Gasteiger charge is -2.19. The summed E-state index contributed by atoms with van der Waals surface area (Å²) in [6.45, 7) is 0. The Hall–Kier alpha value is -2.47. The molecule has 24 heavy (non-hydrogen) atoms. The summed E-state index contributed by atoms with van der Waals surface area (Å²) in [7, 11) is 0. The predicted octanol–water partition coefficient (Wildman–Crippen LogP) is 1.78. The lowest BCUT2D eigenvalue weighted by molar-refractivity contribution is -0.124. The molecule has 2 bridgehead atoms. The fourth-order valence-electron chi connectivity index (χ4n) is 3.85. The molecule has 4 atom stereocenters. The summed E-state index contributed by atoms with van der Waals surface area (Å²) in [5.74, 6) is -11.5. The minimum absolute atomic E-state index is 0.154. The number of ether oxygens (including phenoxy) is 1. The topological polar surface area (TPSA) is 70.4 Å². The Bertz CT molecular complexity index is 793. The van der Waals surface area contributed by atoms with Crippen LogP contribution in [0.5, 0.6) is 0 Å². The molecule has 9 heteroatoms. The predicted molar refractivity (Wildman–Crippen MR) is 68.4 cm³/mol. The van der Waals surface area contributed by atoms with Crippen molar-refractivity contribution in [2.75, 3.05) is 4.90 Å². The first-order valence-electron chi connectivity index (χ1n) is 7.17. The second-order valence-corrected chi connectivity index (χ2v) is 5.95. The first kappa shape index (κ1) is 15.1. The summed E-state index contributed by atoms with van der Waals surface area (Å²) in [4.78, 5) is 25.1. The molecule has 1 aromatic rings. The van der Waals surface area contributed by atoms with Crippen LogP contribution in [-0.4, -0.2) is 24.0 Å². The number of nitriles is 1. The van der Waals surface area contributed by atoms with Crippen molar-refractivity contribution in [3.63, 3.8) is 0 Å². The Kier molecular flexibility index (Phi) is 3.00. The van der Waals surface area contributed by atoms with Gasteiger partial charge < -0.3 is 4.74 Å². The van der Waals surface area contributed by atoms with Gasteiger partial charge in [-0.2, -0.15) is 5.26 Å². The van der Waals surface area contributed by atoms with E-state index in [1.807, 2.05) is 0 Å². The number of benzene rings is 1. The molecular weight excluding hydrogens is 332 g/mol. The van der Waals surface area contributed by atoms with Crippen LogP contribution in [0.4, 0.5) is 23.2 Å². The van der Waals surface area contributed by atoms with Crippen molar-refractivity contribution in [2.24, 2.45) is 11.8 Å². The smallest absolute Gasteiger partial charge is 0.240 e. The third-order valence-corrected chi connectivity index (χ3v) is 4.86. The number of imide groups is 1. The zero-order valence-electron chi connectivity index (χ0n) is 11.9. The van der Waals surface area contributed by atoms with E-state index in [2.05, 4.69) is 0 Å². The molecule has 3 aliphatic heterocycles. The van der Waals surface area contributed by atoms with Crippen LogP contribution < -0.4 is 4.90 Å². The van der Waals surface area contributed by atoms with Crippen molar-refractivity contribution in [1.82, 2.24) is 0 Å². The number of hydrogen-bond donors (Lipinski definition) is 0. The highest BCUT2D eigenvalue weighted by molar-refractivity contribution is 6.23. The van der Waals surface area contributed by atoms with Crippen molar-refractivity contribution in [1.29, 1.82) is 5.26 Å². The number of fused-ring (bicyclic) bond motifs is 5. The summed E-state index contributed by atoms with van der Waals surface area (Å²) >= 11 is 0. The standard InChI is InChI=1S/C15H8F4N2O3/c16-9-4(3-20)10(17)12(19)13(11(9)18)21-14(22)7-5-1-2-6(24-5)8(7)15(21)23/h5-8H,1-2H2. The summed E-state index contributed by atoms with van der Waals surface area (Å²) in [5.41, 5.74) is -2.86. The van der Waals surface area contributed by atoms with Gasteiger partial charge in [-0.1, -0.05) is 0 Å². The highest BCUT2D eigenvalue weighted by atomic mass is 19.2. The summed E-state index contributed by atoms with van der Waals surface area (Å²) < 4.78 is 61.4. The van der Waals surface area contributed by atoms with Gasteiger partial charge >= 0.3 is 0 Å². The molecule has 3 heterocycles. The van der Waals surface area contributed by atoms with Crippen LogP contribution >= 0.6 is 0 Å². The van der Waals surface area contributed by atoms with E-state index in [4.69, 9.17) is 10.00 Å². The number of halogens is 4. The van der Waals surface area contributed by atoms with Crippen molar-refractivity contribution >= 4 is 17.5 Å². The maximum absolute atomic E-state index is 14.2. The van der Waals surface area contributed by atoms with Crippen molar-refractivity contribution in [3.8, 4) is 6.07 Å². The van der Waals surface area contributed by atoms with Gasteiger partial charge in [0.1, 0.15) is 17.3 Å². The molecule has 3 saturated heterocycles. The zero-order chi connectivity index (χ0) is 17.3. The normalized spacial score (nSPS) is 30.9. The molecule has 0 N–H and O–H groups in total. The molecular formula is C15H8F4N2O3. The first-order valence-corrected chi connectivity index (χ1v) is 7.17. The second kappa shape index (κ2) is 4.77. The van der Waals surface area contributed by atoms with Crippen LogP contribution in [0.1, 0.15) is 18.4 Å². The number of carbonyl (C=O) groups is 2. The van der Waals surface area contributed by atoms with E-state index in [0.29, 0.717) is 12.8 Å². The van der Waals surface area contributed by atoms with Crippen LogP contribution in [0.3, 0.4) is 0 Å². The lowest BCUT2D eigenvalue weighted by atomic mass is 9.81.